The van der Waals surface area contributed by atoms with Crippen LogP contribution in [0, 0.1) is 16.0 Å². The van der Waals surface area contributed by atoms with Crippen molar-refractivity contribution >= 4 is 11.7 Å². The molecule has 1 atom stereocenters. The van der Waals surface area contributed by atoms with Crippen molar-refractivity contribution in [2.45, 2.75) is 101 Å². The van der Waals surface area contributed by atoms with E-state index < -0.39 is 11.0 Å². The first-order chi connectivity index (χ1) is 14.3. The second-order valence-corrected chi connectivity index (χ2v) is 7.96. The molecule has 1 rings (SSSR count). The average Bonchev–Trinajstić information content (AvgIpc) is 2.67. The fraction of sp³-hybridized carbons (Fsp3) is 0.720. The Balaban J connectivity index is 0. The lowest BCUT2D eigenvalue weighted by Gasteiger charge is -2.18. The number of carbonyl (C=O) groups excluding carboxylic acids is 1. The van der Waals surface area contributed by atoms with Crippen LogP contribution in [0.15, 0.2) is 12.1 Å². The van der Waals surface area contributed by atoms with Gasteiger partial charge in [0.2, 0.25) is 0 Å². The van der Waals surface area contributed by atoms with E-state index in [1.807, 2.05) is 13.8 Å². The highest BCUT2D eigenvalue weighted by molar-refractivity contribution is 5.70. The molecule has 0 aliphatic carbocycles. The van der Waals surface area contributed by atoms with E-state index in [2.05, 4.69) is 13.8 Å². The van der Waals surface area contributed by atoms with Gasteiger partial charge in [-0.25, -0.2) is 0 Å². The van der Waals surface area contributed by atoms with Gasteiger partial charge in [-0.2, -0.15) is 0 Å². The molecule has 186 valence electrons. The molecule has 1 aromatic rings. The number of esters is 1. The molecule has 1 unspecified atom stereocenters. The molecule has 0 bridgehead atoms. The molecule has 1 aromatic carbocycles. The Kier molecular flexibility index (Phi) is 17.2. The minimum absolute atomic E-state index is 0. The third kappa shape index (κ3) is 11.3. The average molecular weight is 456 g/mol. The maximum absolute atomic E-state index is 12.1. The van der Waals surface area contributed by atoms with Crippen LogP contribution < -0.4 is 9.47 Å². The molecule has 0 aromatic heterocycles. The van der Waals surface area contributed by atoms with E-state index in [-0.39, 0.29) is 38.8 Å². The lowest BCUT2D eigenvalue weighted by atomic mass is 10.1. The second-order valence-electron chi connectivity index (χ2n) is 7.96. The van der Waals surface area contributed by atoms with Crippen LogP contribution in [-0.2, 0) is 9.53 Å². The van der Waals surface area contributed by atoms with Crippen LogP contribution in [0.1, 0.15) is 106 Å². The molecule has 0 heterocycles. The molecule has 0 aliphatic heterocycles. The van der Waals surface area contributed by atoms with Crippen LogP contribution in [0.25, 0.3) is 0 Å². The third-order valence-electron chi connectivity index (χ3n) is 4.62. The molecule has 7 nitrogen and oxygen atoms in total. The Morgan fingerprint density at radius 3 is 1.88 bits per heavy atom. The summed E-state index contributed by atoms with van der Waals surface area (Å²) in [6, 6.07) is 2.98. The van der Waals surface area contributed by atoms with Gasteiger partial charge in [0.15, 0.2) is 11.5 Å². The van der Waals surface area contributed by atoms with E-state index >= 15 is 0 Å². The smallest absolute Gasteiger partial charge is 0.306 e. The zero-order valence-corrected chi connectivity index (χ0v) is 19.1. The van der Waals surface area contributed by atoms with Crippen LogP contribution in [-0.4, -0.2) is 24.1 Å². The highest BCUT2D eigenvalue weighted by Gasteiger charge is 2.26. The molecular formula is C25H45NO6. The SMILES string of the molecule is C.C.CCCCCOc1cc(C(C)OC(=O)CC(C)C)c([N+](=O)[O-])cc1OCCCCC. The van der Waals surface area contributed by atoms with Crippen LogP contribution in [0.5, 0.6) is 11.5 Å². The number of unbranched alkanes of at least 4 members (excludes halogenated alkanes) is 4. The predicted octanol–water partition coefficient (Wildman–Crippen LogP) is 7.66. The van der Waals surface area contributed by atoms with Gasteiger partial charge in [-0.3, -0.25) is 14.9 Å². The highest BCUT2D eigenvalue weighted by atomic mass is 16.6. The number of nitro groups is 1. The first kappa shape index (κ1) is 31.9. The minimum Gasteiger partial charge on any atom is -0.490 e. The molecular weight excluding hydrogens is 410 g/mol. The summed E-state index contributed by atoms with van der Waals surface area (Å²) >= 11 is 0. The van der Waals surface area contributed by atoms with E-state index in [0.717, 1.165) is 38.5 Å². The van der Waals surface area contributed by atoms with Crippen molar-refractivity contribution in [1.29, 1.82) is 0 Å². The summed E-state index contributed by atoms with van der Waals surface area (Å²) in [5.74, 6) is 0.585. The van der Waals surface area contributed by atoms with Crippen molar-refractivity contribution in [2.24, 2.45) is 5.92 Å². The van der Waals surface area contributed by atoms with Gasteiger partial charge in [-0.05, 0) is 31.7 Å². The third-order valence-corrected chi connectivity index (χ3v) is 4.62. The van der Waals surface area contributed by atoms with Crippen LogP contribution in [0.2, 0.25) is 0 Å². The zero-order chi connectivity index (χ0) is 22.5. The predicted molar refractivity (Wildman–Crippen MR) is 131 cm³/mol. The molecule has 7 heteroatoms. The summed E-state index contributed by atoms with van der Waals surface area (Å²) < 4.78 is 17.2. The number of hydrogen-bond acceptors (Lipinski definition) is 6. The Bertz CT molecular complexity index is 675. The quantitative estimate of drug-likeness (QED) is 0.117. The summed E-state index contributed by atoms with van der Waals surface area (Å²) in [6.45, 7) is 10.7. The van der Waals surface area contributed by atoms with Crippen molar-refractivity contribution in [3.05, 3.63) is 27.8 Å². The number of nitro benzene ring substituents is 1. The normalized spacial score (nSPS) is 11.2. The largest absolute Gasteiger partial charge is 0.490 e. The Morgan fingerprint density at radius 2 is 1.44 bits per heavy atom. The Morgan fingerprint density at radius 1 is 0.938 bits per heavy atom. The lowest BCUT2D eigenvalue weighted by molar-refractivity contribution is -0.386. The maximum Gasteiger partial charge on any atom is 0.306 e. The molecule has 0 radical (unpaired) electrons. The summed E-state index contributed by atoms with van der Waals surface area (Å²) in [6.07, 6.45) is 5.44. The van der Waals surface area contributed by atoms with Crippen molar-refractivity contribution in [1.82, 2.24) is 0 Å². The van der Waals surface area contributed by atoms with Crippen molar-refractivity contribution in [3.63, 3.8) is 0 Å². The number of benzene rings is 1. The van der Waals surface area contributed by atoms with Gasteiger partial charge >= 0.3 is 5.97 Å². The Hall–Kier alpha value is -2.31. The number of rotatable bonds is 15. The fourth-order valence-electron chi connectivity index (χ4n) is 2.98. The minimum atomic E-state index is -0.760. The molecule has 0 saturated heterocycles. The molecule has 0 spiro atoms. The standard InChI is InChI=1S/C23H37NO6.2CH4/c1-6-8-10-12-28-21-15-19(18(5)30-23(25)14-17(3)4)20(24(26)27)16-22(21)29-13-11-9-7-2;;/h15-18H,6-14H2,1-5H3;2*1H4. The van der Waals surface area contributed by atoms with Crippen molar-refractivity contribution in [2.75, 3.05) is 13.2 Å². The van der Waals surface area contributed by atoms with E-state index in [1.54, 1.807) is 13.0 Å². The van der Waals surface area contributed by atoms with Crippen LogP contribution >= 0.6 is 0 Å². The summed E-state index contributed by atoms with van der Waals surface area (Å²) in [4.78, 5) is 23.3. The topological polar surface area (TPSA) is 87.9 Å². The molecule has 0 aliphatic rings. The van der Waals surface area contributed by atoms with Gasteiger partial charge in [0, 0.05) is 6.42 Å². The van der Waals surface area contributed by atoms with Gasteiger partial charge in [-0.1, -0.05) is 68.2 Å². The molecule has 0 N–H and O–H groups in total. The van der Waals surface area contributed by atoms with Crippen LogP contribution in [0.4, 0.5) is 5.69 Å². The van der Waals surface area contributed by atoms with Gasteiger partial charge in [0.25, 0.3) is 5.69 Å². The number of carbonyl (C=O) groups is 1. The lowest BCUT2D eigenvalue weighted by Crippen LogP contribution is -2.13. The number of ether oxygens (including phenoxy) is 3. The fourth-order valence-corrected chi connectivity index (χ4v) is 2.98. The van der Waals surface area contributed by atoms with Gasteiger partial charge in [0.05, 0.1) is 29.8 Å². The highest BCUT2D eigenvalue weighted by Crippen LogP contribution is 2.39. The van der Waals surface area contributed by atoms with Crippen molar-refractivity contribution < 1.29 is 23.9 Å². The first-order valence-corrected chi connectivity index (χ1v) is 11.1. The van der Waals surface area contributed by atoms with Gasteiger partial charge in [0.1, 0.15) is 6.10 Å². The van der Waals surface area contributed by atoms with E-state index in [1.165, 1.54) is 6.07 Å². The van der Waals surface area contributed by atoms with E-state index in [9.17, 15) is 14.9 Å². The molecule has 0 saturated carbocycles. The van der Waals surface area contributed by atoms with Gasteiger partial charge < -0.3 is 14.2 Å². The molecule has 0 fully saturated rings. The van der Waals surface area contributed by atoms with Crippen LogP contribution in [0.3, 0.4) is 0 Å². The summed E-state index contributed by atoms with van der Waals surface area (Å²) in [7, 11) is 0. The van der Waals surface area contributed by atoms with Crippen molar-refractivity contribution in [3.8, 4) is 11.5 Å². The maximum atomic E-state index is 12.1. The summed E-state index contributed by atoms with van der Waals surface area (Å²) in [5.41, 5.74) is 0.176. The second kappa shape index (κ2) is 17.3. The van der Waals surface area contributed by atoms with E-state index in [0.29, 0.717) is 30.3 Å². The number of hydrogen-bond donors (Lipinski definition) is 0. The Labute approximate surface area is 195 Å². The number of nitrogens with zero attached hydrogens (tertiary/aromatic N) is 1. The monoisotopic (exact) mass is 455 g/mol. The zero-order valence-electron chi connectivity index (χ0n) is 19.1. The van der Waals surface area contributed by atoms with E-state index in [4.69, 9.17) is 14.2 Å². The molecule has 0 amide bonds. The molecule has 32 heavy (non-hydrogen) atoms. The summed E-state index contributed by atoms with van der Waals surface area (Å²) in [5, 5.41) is 11.7. The first-order valence-electron chi connectivity index (χ1n) is 11.1. The van der Waals surface area contributed by atoms with Gasteiger partial charge in [-0.15, -0.1) is 0 Å².